The maximum Gasteiger partial charge on any atom is 0.284 e. The lowest BCUT2D eigenvalue weighted by molar-refractivity contribution is 0.428. The third kappa shape index (κ3) is 2.90. The molecule has 2 fully saturated rings. The highest BCUT2D eigenvalue weighted by Gasteiger charge is 2.41. The van der Waals surface area contributed by atoms with E-state index < -0.39 is 0 Å². The van der Waals surface area contributed by atoms with Gasteiger partial charge in [0.2, 0.25) is 0 Å². The number of nitrogens with zero attached hydrogens (tertiary/aromatic N) is 2. The van der Waals surface area contributed by atoms with Crippen LogP contribution in [0.25, 0.3) is 0 Å². The number of terminal acetylenes is 1. The molecule has 1 N–H and O–H groups in total. The molecule has 20 heavy (non-hydrogen) atoms. The molecular formula is C15H18BrN3O. The second-order valence-corrected chi connectivity index (χ2v) is 6.55. The number of nitrogens with one attached hydrogen (secondary N) is 1. The molecule has 106 valence electrons. The van der Waals surface area contributed by atoms with Crippen molar-refractivity contribution in [1.29, 1.82) is 0 Å². The monoisotopic (exact) mass is 335 g/mol. The molecule has 4 nitrogen and oxygen atoms in total. The Morgan fingerprint density at radius 1 is 1.45 bits per heavy atom. The molecule has 0 atom stereocenters. The summed E-state index contributed by atoms with van der Waals surface area (Å²) in [6.07, 6.45) is 12.4. The van der Waals surface area contributed by atoms with Crippen molar-refractivity contribution < 1.29 is 0 Å². The summed E-state index contributed by atoms with van der Waals surface area (Å²) in [4.78, 5) is 12.0. The molecule has 0 saturated heterocycles. The van der Waals surface area contributed by atoms with Crippen LogP contribution in [0.15, 0.2) is 15.5 Å². The molecule has 0 amide bonds. The van der Waals surface area contributed by atoms with Gasteiger partial charge in [-0.05, 0) is 59.4 Å². The van der Waals surface area contributed by atoms with Gasteiger partial charge in [0.1, 0.15) is 11.0 Å². The van der Waals surface area contributed by atoms with Crippen molar-refractivity contribution in [2.45, 2.75) is 32.2 Å². The Bertz CT molecular complexity index is 584. The quantitative estimate of drug-likeness (QED) is 0.812. The van der Waals surface area contributed by atoms with Crippen molar-refractivity contribution in [2.24, 2.45) is 17.8 Å². The van der Waals surface area contributed by atoms with Gasteiger partial charge in [-0.1, -0.05) is 5.92 Å². The maximum atomic E-state index is 12.0. The first-order valence-electron chi connectivity index (χ1n) is 7.13. The summed E-state index contributed by atoms with van der Waals surface area (Å²) in [5.41, 5.74) is 0.594. The third-order valence-electron chi connectivity index (χ3n) is 4.21. The van der Waals surface area contributed by atoms with Crippen LogP contribution >= 0.6 is 15.9 Å². The molecule has 0 bridgehead atoms. The predicted octanol–water partition coefficient (Wildman–Crippen LogP) is 2.49. The zero-order valence-electron chi connectivity index (χ0n) is 11.3. The lowest BCUT2D eigenvalue weighted by Gasteiger charge is -2.17. The SMILES string of the molecule is C#CCn1ncc(NCC(C2CC2)C2CC2)c(Br)c1=O. The van der Waals surface area contributed by atoms with E-state index in [4.69, 9.17) is 6.42 Å². The van der Waals surface area contributed by atoms with E-state index in [9.17, 15) is 4.79 Å². The van der Waals surface area contributed by atoms with Crippen LogP contribution in [-0.2, 0) is 6.54 Å². The zero-order valence-corrected chi connectivity index (χ0v) is 12.9. The minimum Gasteiger partial charge on any atom is -0.382 e. The van der Waals surface area contributed by atoms with Crippen LogP contribution in [0, 0.1) is 30.1 Å². The van der Waals surface area contributed by atoms with Crippen molar-refractivity contribution >= 4 is 21.6 Å². The summed E-state index contributed by atoms with van der Waals surface area (Å²) in [5, 5.41) is 7.49. The number of halogens is 1. The van der Waals surface area contributed by atoms with Crippen LogP contribution < -0.4 is 10.9 Å². The maximum absolute atomic E-state index is 12.0. The first-order chi connectivity index (χ1) is 9.70. The molecule has 0 spiro atoms. The Morgan fingerprint density at radius 2 is 2.10 bits per heavy atom. The summed E-state index contributed by atoms with van der Waals surface area (Å²) in [5.74, 6) is 4.97. The number of rotatable bonds is 6. The minimum absolute atomic E-state index is 0.178. The highest BCUT2D eigenvalue weighted by Crippen LogP contribution is 2.49. The van der Waals surface area contributed by atoms with Crippen LogP contribution in [0.1, 0.15) is 25.7 Å². The second-order valence-electron chi connectivity index (χ2n) is 5.76. The summed E-state index contributed by atoms with van der Waals surface area (Å²) in [6.45, 7) is 1.14. The van der Waals surface area contributed by atoms with Crippen LogP contribution in [0.2, 0.25) is 0 Å². The number of hydrogen-bond acceptors (Lipinski definition) is 3. The molecular weight excluding hydrogens is 318 g/mol. The average molecular weight is 336 g/mol. The molecule has 2 aliphatic rings. The lowest BCUT2D eigenvalue weighted by atomic mass is 9.98. The van der Waals surface area contributed by atoms with Crippen molar-refractivity contribution in [3.05, 3.63) is 21.0 Å². The molecule has 1 aromatic rings. The van der Waals surface area contributed by atoms with E-state index in [0.717, 1.165) is 30.0 Å². The first kappa shape index (κ1) is 13.7. The molecule has 5 heteroatoms. The van der Waals surface area contributed by atoms with Gasteiger partial charge in [0.15, 0.2) is 0 Å². The van der Waals surface area contributed by atoms with Crippen molar-refractivity contribution in [2.75, 3.05) is 11.9 Å². The Kier molecular flexibility index (Phi) is 3.84. The summed E-state index contributed by atoms with van der Waals surface area (Å²) in [7, 11) is 0. The van der Waals surface area contributed by atoms with E-state index in [1.54, 1.807) is 6.20 Å². The Hall–Kier alpha value is -1.28. The van der Waals surface area contributed by atoms with E-state index in [1.807, 2.05) is 0 Å². The average Bonchev–Trinajstić information content (AvgIpc) is 3.30. The first-order valence-corrected chi connectivity index (χ1v) is 7.93. The summed E-state index contributed by atoms with van der Waals surface area (Å²) in [6, 6.07) is 0. The van der Waals surface area contributed by atoms with Gasteiger partial charge in [0, 0.05) is 6.54 Å². The van der Waals surface area contributed by atoms with Gasteiger partial charge in [0.05, 0.1) is 11.9 Å². The Labute approximate surface area is 127 Å². The fourth-order valence-electron chi connectivity index (χ4n) is 2.78. The van der Waals surface area contributed by atoms with Gasteiger partial charge < -0.3 is 5.32 Å². The fraction of sp³-hybridized carbons (Fsp3) is 0.600. The molecule has 3 rings (SSSR count). The topological polar surface area (TPSA) is 46.9 Å². The van der Waals surface area contributed by atoms with Crippen LogP contribution in [0.3, 0.4) is 0 Å². The number of aromatic nitrogens is 2. The Morgan fingerprint density at radius 3 is 2.65 bits per heavy atom. The molecule has 1 heterocycles. The third-order valence-corrected chi connectivity index (χ3v) is 4.98. The fourth-order valence-corrected chi connectivity index (χ4v) is 3.23. The van der Waals surface area contributed by atoms with Crippen LogP contribution in [0.4, 0.5) is 5.69 Å². The van der Waals surface area contributed by atoms with Gasteiger partial charge in [-0.15, -0.1) is 6.42 Å². The van der Waals surface area contributed by atoms with Crippen molar-refractivity contribution in [3.8, 4) is 12.3 Å². The van der Waals surface area contributed by atoms with Gasteiger partial charge in [0.25, 0.3) is 5.56 Å². The van der Waals surface area contributed by atoms with Gasteiger partial charge in [-0.3, -0.25) is 4.79 Å². The van der Waals surface area contributed by atoms with Crippen molar-refractivity contribution in [1.82, 2.24) is 9.78 Å². The largest absolute Gasteiger partial charge is 0.382 e. The van der Waals surface area contributed by atoms with E-state index in [-0.39, 0.29) is 12.1 Å². The molecule has 0 radical (unpaired) electrons. The summed E-state index contributed by atoms with van der Waals surface area (Å²) < 4.78 is 1.81. The molecule has 1 aromatic heterocycles. The highest BCUT2D eigenvalue weighted by molar-refractivity contribution is 9.10. The molecule has 2 aliphatic carbocycles. The standard InChI is InChI=1S/C15H18BrN3O/c1-2-7-19-15(20)14(16)13(9-18-19)17-8-12(10-3-4-10)11-5-6-11/h1,9-12,17H,3-8H2. The van der Waals surface area contributed by atoms with E-state index >= 15 is 0 Å². The van der Waals surface area contributed by atoms with E-state index in [2.05, 4.69) is 32.3 Å². The second kappa shape index (κ2) is 5.61. The smallest absolute Gasteiger partial charge is 0.284 e. The van der Waals surface area contributed by atoms with Crippen LogP contribution in [0.5, 0.6) is 0 Å². The van der Waals surface area contributed by atoms with E-state index in [1.165, 1.54) is 30.4 Å². The molecule has 0 unspecified atom stereocenters. The lowest BCUT2D eigenvalue weighted by Crippen LogP contribution is -2.25. The van der Waals surface area contributed by atoms with Crippen LogP contribution in [-0.4, -0.2) is 16.3 Å². The molecule has 2 saturated carbocycles. The predicted molar refractivity (Wildman–Crippen MR) is 82.5 cm³/mol. The van der Waals surface area contributed by atoms with E-state index in [0.29, 0.717) is 4.47 Å². The number of anilines is 1. The normalized spacial score (nSPS) is 18.1. The molecule has 0 aliphatic heterocycles. The summed E-state index contributed by atoms with van der Waals surface area (Å²) >= 11 is 3.35. The van der Waals surface area contributed by atoms with Crippen molar-refractivity contribution in [3.63, 3.8) is 0 Å². The highest BCUT2D eigenvalue weighted by atomic mass is 79.9. The Balaban J connectivity index is 1.69. The zero-order chi connectivity index (χ0) is 14.1. The van der Waals surface area contributed by atoms with Gasteiger partial charge in [-0.2, -0.15) is 5.10 Å². The number of hydrogen-bond donors (Lipinski definition) is 1. The minimum atomic E-state index is -0.178. The molecule has 0 aromatic carbocycles. The van der Waals surface area contributed by atoms with Gasteiger partial charge >= 0.3 is 0 Å². The van der Waals surface area contributed by atoms with Gasteiger partial charge in [-0.25, -0.2) is 4.68 Å².